The van der Waals surface area contributed by atoms with Crippen LogP contribution >= 0.6 is 11.3 Å². The standard InChI is InChI=1S/C16H16N4OS/c1-9-8-14-15(17-10(2)18-16(14)22-9)20-13-6-4-12(5-7-13)19-11(3)21/h4-8H,1-3H3,(H,19,21)(H,17,18,20). The lowest BCUT2D eigenvalue weighted by atomic mass is 10.2. The number of rotatable bonds is 3. The van der Waals surface area contributed by atoms with Crippen molar-refractivity contribution >= 4 is 44.7 Å². The van der Waals surface area contributed by atoms with Crippen molar-refractivity contribution in [1.82, 2.24) is 9.97 Å². The maximum Gasteiger partial charge on any atom is 0.221 e. The summed E-state index contributed by atoms with van der Waals surface area (Å²) in [7, 11) is 0. The largest absolute Gasteiger partial charge is 0.340 e. The number of aromatic nitrogens is 2. The van der Waals surface area contributed by atoms with Crippen molar-refractivity contribution in [1.29, 1.82) is 0 Å². The number of nitrogens with one attached hydrogen (secondary N) is 2. The van der Waals surface area contributed by atoms with Crippen molar-refractivity contribution in [3.8, 4) is 0 Å². The summed E-state index contributed by atoms with van der Waals surface area (Å²) >= 11 is 1.66. The fraction of sp³-hybridized carbons (Fsp3) is 0.188. The molecule has 2 aromatic heterocycles. The number of fused-ring (bicyclic) bond motifs is 1. The molecule has 0 bridgehead atoms. The minimum Gasteiger partial charge on any atom is -0.340 e. The quantitative estimate of drug-likeness (QED) is 0.767. The van der Waals surface area contributed by atoms with E-state index in [0.717, 1.165) is 33.2 Å². The fourth-order valence-corrected chi connectivity index (χ4v) is 3.15. The van der Waals surface area contributed by atoms with Crippen LogP contribution in [0.15, 0.2) is 30.3 Å². The maximum absolute atomic E-state index is 11.0. The van der Waals surface area contributed by atoms with Crippen molar-refractivity contribution < 1.29 is 4.79 Å². The minimum absolute atomic E-state index is 0.0809. The van der Waals surface area contributed by atoms with Gasteiger partial charge in [-0.25, -0.2) is 9.97 Å². The predicted molar refractivity (Wildman–Crippen MR) is 90.9 cm³/mol. The number of hydrogen-bond acceptors (Lipinski definition) is 5. The summed E-state index contributed by atoms with van der Waals surface area (Å²) in [6.07, 6.45) is 0. The molecule has 0 spiro atoms. The number of nitrogens with zero attached hydrogens (tertiary/aromatic N) is 2. The van der Waals surface area contributed by atoms with Gasteiger partial charge in [0.15, 0.2) is 0 Å². The van der Waals surface area contributed by atoms with Crippen molar-refractivity contribution in [3.05, 3.63) is 41.0 Å². The Balaban J connectivity index is 1.91. The highest BCUT2D eigenvalue weighted by molar-refractivity contribution is 7.18. The molecule has 0 aliphatic rings. The summed E-state index contributed by atoms with van der Waals surface area (Å²) in [5.41, 5.74) is 1.69. The number of hydrogen-bond donors (Lipinski definition) is 2. The van der Waals surface area contributed by atoms with Gasteiger partial charge in [0.1, 0.15) is 16.5 Å². The molecule has 1 amide bonds. The minimum atomic E-state index is -0.0809. The van der Waals surface area contributed by atoms with Crippen LogP contribution in [0.2, 0.25) is 0 Å². The van der Waals surface area contributed by atoms with Gasteiger partial charge in [-0.3, -0.25) is 4.79 Å². The summed E-state index contributed by atoms with van der Waals surface area (Å²) < 4.78 is 0. The van der Waals surface area contributed by atoms with E-state index in [9.17, 15) is 4.79 Å². The summed E-state index contributed by atoms with van der Waals surface area (Å²) in [5.74, 6) is 1.47. The Labute approximate surface area is 132 Å². The van der Waals surface area contributed by atoms with Crippen LogP contribution in [0.25, 0.3) is 10.2 Å². The third-order valence-electron chi connectivity index (χ3n) is 3.10. The first kappa shape index (κ1) is 14.5. The second-order valence-electron chi connectivity index (χ2n) is 5.08. The first-order valence-electron chi connectivity index (χ1n) is 6.91. The molecule has 0 atom stereocenters. The van der Waals surface area contributed by atoms with Crippen LogP contribution in [0.5, 0.6) is 0 Å². The second kappa shape index (κ2) is 5.73. The van der Waals surface area contributed by atoms with Crippen molar-refractivity contribution in [2.24, 2.45) is 0 Å². The lowest BCUT2D eigenvalue weighted by Crippen LogP contribution is -2.05. The van der Waals surface area contributed by atoms with E-state index in [4.69, 9.17) is 0 Å². The van der Waals surface area contributed by atoms with Crippen LogP contribution in [-0.4, -0.2) is 15.9 Å². The van der Waals surface area contributed by atoms with Gasteiger partial charge in [-0.1, -0.05) is 0 Å². The maximum atomic E-state index is 11.0. The summed E-state index contributed by atoms with van der Waals surface area (Å²) in [6, 6.07) is 9.62. The average Bonchev–Trinajstić information content (AvgIpc) is 2.81. The number of benzene rings is 1. The summed E-state index contributed by atoms with van der Waals surface area (Å²) in [6.45, 7) is 5.44. The van der Waals surface area contributed by atoms with Crippen LogP contribution < -0.4 is 10.6 Å². The average molecular weight is 312 g/mol. The van der Waals surface area contributed by atoms with Crippen LogP contribution in [-0.2, 0) is 4.79 Å². The Morgan fingerprint density at radius 3 is 2.45 bits per heavy atom. The summed E-state index contributed by atoms with van der Waals surface area (Å²) in [4.78, 5) is 22.2. The van der Waals surface area contributed by atoms with Gasteiger partial charge in [-0.05, 0) is 44.2 Å². The molecule has 0 saturated heterocycles. The van der Waals surface area contributed by atoms with E-state index in [1.54, 1.807) is 11.3 Å². The van der Waals surface area contributed by atoms with E-state index < -0.39 is 0 Å². The molecule has 0 aliphatic carbocycles. The predicted octanol–water partition coefficient (Wildman–Crippen LogP) is 4.01. The third-order valence-corrected chi connectivity index (χ3v) is 4.04. The molecule has 0 radical (unpaired) electrons. The van der Waals surface area contributed by atoms with E-state index in [1.807, 2.05) is 31.2 Å². The van der Waals surface area contributed by atoms with Crippen molar-refractivity contribution in [3.63, 3.8) is 0 Å². The van der Waals surface area contributed by atoms with Gasteiger partial charge in [0.05, 0.1) is 5.39 Å². The highest BCUT2D eigenvalue weighted by atomic mass is 32.1. The number of carbonyl (C=O) groups is 1. The molecule has 0 fully saturated rings. The van der Waals surface area contributed by atoms with Gasteiger partial charge < -0.3 is 10.6 Å². The second-order valence-corrected chi connectivity index (χ2v) is 6.31. The molecular weight excluding hydrogens is 296 g/mol. The number of thiophene rings is 1. The summed E-state index contributed by atoms with van der Waals surface area (Å²) in [5, 5.41) is 7.10. The van der Waals surface area contributed by atoms with Gasteiger partial charge in [0.2, 0.25) is 5.91 Å². The Morgan fingerprint density at radius 1 is 1.09 bits per heavy atom. The van der Waals surface area contributed by atoms with E-state index in [2.05, 4.69) is 33.6 Å². The van der Waals surface area contributed by atoms with Crippen LogP contribution in [0.1, 0.15) is 17.6 Å². The molecule has 22 heavy (non-hydrogen) atoms. The lowest BCUT2D eigenvalue weighted by Gasteiger charge is -2.09. The molecule has 5 nitrogen and oxygen atoms in total. The highest BCUT2D eigenvalue weighted by Crippen LogP contribution is 2.30. The van der Waals surface area contributed by atoms with Gasteiger partial charge in [0.25, 0.3) is 0 Å². The number of carbonyl (C=O) groups excluding carboxylic acids is 1. The first-order chi connectivity index (χ1) is 10.5. The zero-order valence-electron chi connectivity index (χ0n) is 12.6. The molecule has 0 saturated carbocycles. The normalized spacial score (nSPS) is 10.7. The highest BCUT2D eigenvalue weighted by Gasteiger charge is 2.09. The van der Waals surface area contributed by atoms with Crippen molar-refractivity contribution in [2.45, 2.75) is 20.8 Å². The van der Waals surface area contributed by atoms with Crippen molar-refractivity contribution in [2.75, 3.05) is 10.6 Å². The number of amides is 1. The third kappa shape index (κ3) is 3.07. The van der Waals surface area contributed by atoms with Gasteiger partial charge in [0, 0.05) is 23.2 Å². The van der Waals surface area contributed by atoms with E-state index in [1.165, 1.54) is 11.8 Å². The molecular formula is C16H16N4OS. The van der Waals surface area contributed by atoms with E-state index in [0.29, 0.717) is 0 Å². The molecule has 0 aliphatic heterocycles. The van der Waals surface area contributed by atoms with Gasteiger partial charge >= 0.3 is 0 Å². The van der Waals surface area contributed by atoms with Gasteiger partial charge in [-0.15, -0.1) is 11.3 Å². The molecule has 2 N–H and O–H groups in total. The Kier molecular flexibility index (Phi) is 3.77. The monoisotopic (exact) mass is 312 g/mol. The Morgan fingerprint density at radius 2 is 1.77 bits per heavy atom. The van der Waals surface area contributed by atoms with Crippen LogP contribution in [0.3, 0.4) is 0 Å². The zero-order chi connectivity index (χ0) is 15.7. The lowest BCUT2D eigenvalue weighted by molar-refractivity contribution is -0.114. The Bertz CT molecular complexity index is 839. The van der Waals surface area contributed by atoms with Crippen LogP contribution in [0.4, 0.5) is 17.2 Å². The molecule has 3 aromatic rings. The fourth-order valence-electron chi connectivity index (χ4n) is 2.22. The first-order valence-corrected chi connectivity index (χ1v) is 7.72. The SMILES string of the molecule is CC(=O)Nc1ccc(Nc2nc(C)nc3sc(C)cc23)cc1. The number of aryl methyl sites for hydroxylation is 2. The molecule has 2 heterocycles. The molecule has 3 rings (SSSR count). The van der Waals surface area contributed by atoms with E-state index in [-0.39, 0.29) is 5.91 Å². The van der Waals surface area contributed by atoms with Crippen LogP contribution in [0, 0.1) is 13.8 Å². The molecule has 6 heteroatoms. The molecule has 112 valence electrons. The molecule has 1 aromatic carbocycles. The van der Waals surface area contributed by atoms with Gasteiger partial charge in [-0.2, -0.15) is 0 Å². The zero-order valence-corrected chi connectivity index (χ0v) is 13.4. The molecule has 0 unspecified atom stereocenters. The Hall–Kier alpha value is -2.47. The van der Waals surface area contributed by atoms with E-state index >= 15 is 0 Å². The number of anilines is 3. The topological polar surface area (TPSA) is 66.9 Å². The smallest absolute Gasteiger partial charge is 0.221 e.